The van der Waals surface area contributed by atoms with Gasteiger partial charge in [-0.15, -0.1) is 0 Å². The molecule has 30 heavy (non-hydrogen) atoms. The third-order valence-electron chi connectivity index (χ3n) is 5.13. The maximum atomic E-state index is 12.7. The van der Waals surface area contributed by atoms with Gasteiger partial charge in [-0.25, -0.2) is 0 Å². The second kappa shape index (κ2) is 8.13. The number of benzene rings is 3. The van der Waals surface area contributed by atoms with Crippen molar-refractivity contribution in [2.24, 2.45) is 0 Å². The van der Waals surface area contributed by atoms with E-state index in [2.05, 4.69) is 5.32 Å². The van der Waals surface area contributed by atoms with Crippen LogP contribution in [0.5, 0.6) is 0 Å². The molecule has 5 nitrogen and oxygen atoms in total. The standard InChI is InChI=1S/C24H19ClN2O3/c1-15(17-9-11-19(25)12-10-17)26-22(28)18-6-4-5-16(13-18)14-27-23(29)20-7-2-3-8-21(20)24(27)30/h2-13,15H,14H2,1H3,(H,26,28)/t15-/m0/s1. The molecular weight excluding hydrogens is 400 g/mol. The number of carbonyl (C=O) groups excluding carboxylic acids is 3. The van der Waals surface area contributed by atoms with Crippen molar-refractivity contribution in [2.75, 3.05) is 0 Å². The molecule has 0 spiro atoms. The van der Waals surface area contributed by atoms with Crippen molar-refractivity contribution in [1.29, 1.82) is 0 Å². The van der Waals surface area contributed by atoms with Crippen molar-refractivity contribution >= 4 is 29.3 Å². The molecule has 1 atom stereocenters. The average Bonchev–Trinajstić information content (AvgIpc) is 2.99. The SMILES string of the molecule is C[C@H](NC(=O)c1cccc(CN2C(=O)c3ccccc3C2=O)c1)c1ccc(Cl)cc1. The number of rotatable bonds is 5. The third kappa shape index (κ3) is 3.84. The smallest absolute Gasteiger partial charge is 0.261 e. The van der Waals surface area contributed by atoms with Crippen LogP contribution < -0.4 is 5.32 Å². The Labute approximate surface area is 179 Å². The van der Waals surface area contributed by atoms with Crippen LogP contribution in [0.4, 0.5) is 0 Å². The molecule has 0 radical (unpaired) electrons. The number of nitrogens with one attached hydrogen (secondary N) is 1. The molecule has 3 aromatic rings. The van der Waals surface area contributed by atoms with Crippen LogP contribution in [0.2, 0.25) is 5.02 Å². The van der Waals surface area contributed by atoms with Gasteiger partial charge in [0, 0.05) is 10.6 Å². The first-order valence-corrected chi connectivity index (χ1v) is 9.92. The Morgan fingerprint density at radius 3 is 2.20 bits per heavy atom. The second-order valence-electron chi connectivity index (χ2n) is 7.19. The Morgan fingerprint density at radius 2 is 1.57 bits per heavy atom. The topological polar surface area (TPSA) is 66.5 Å². The highest BCUT2D eigenvalue weighted by Gasteiger charge is 2.35. The zero-order valence-electron chi connectivity index (χ0n) is 16.3. The highest BCUT2D eigenvalue weighted by Crippen LogP contribution is 2.24. The summed E-state index contributed by atoms with van der Waals surface area (Å²) in [5.74, 6) is -0.870. The van der Waals surface area contributed by atoms with Crippen LogP contribution in [-0.4, -0.2) is 22.6 Å². The Morgan fingerprint density at radius 1 is 0.933 bits per heavy atom. The Hall–Kier alpha value is -3.44. The lowest BCUT2D eigenvalue weighted by molar-refractivity contribution is 0.0642. The molecule has 0 fully saturated rings. The fourth-order valence-corrected chi connectivity index (χ4v) is 3.62. The molecule has 0 unspecified atom stereocenters. The molecule has 1 N–H and O–H groups in total. The van der Waals surface area contributed by atoms with Gasteiger partial charge in [0.25, 0.3) is 17.7 Å². The molecule has 0 saturated carbocycles. The van der Waals surface area contributed by atoms with Crippen LogP contribution in [0, 0.1) is 0 Å². The van der Waals surface area contributed by atoms with E-state index >= 15 is 0 Å². The average molecular weight is 419 g/mol. The molecule has 1 heterocycles. The first kappa shape index (κ1) is 19.9. The Bertz CT molecular complexity index is 1110. The van der Waals surface area contributed by atoms with Gasteiger partial charge in [-0.05, 0) is 54.4 Å². The summed E-state index contributed by atoms with van der Waals surface area (Å²) in [5, 5.41) is 3.59. The first-order valence-electron chi connectivity index (χ1n) is 9.54. The predicted molar refractivity (Wildman–Crippen MR) is 114 cm³/mol. The fourth-order valence-electron chi connectivity index (χ4n) is 3.49. The number of fused-ring (bicyclic) bond motifs is 1. The molecule has 3 amide bonds. The van der Waals surface area contributed by atoms with Crippen LogP contribution in [0.3, 0.4) is 0 Å². The number of hydrogen-bond acceptors (Lipinski definition) is 3. The van der Waals surface area contributed by atoms with E-state index in [4.69, 9.17) is 11.6 Å². The van der Waals surface area contributed by atoms with Crippen LogP contribution in [0.15, 0.2) is 72.8 Å². The Balaban J connectivity index is 1.48. The number of amides is 3. The van der Waals surface area contributed by atoms with Crippen LogP contribution in [-0.2, 0) is 6.54 Å². The van der Waals surface area contributed by atoms with Crippen molar-refractivity contribution in [3.8, 4) is 0 Å². The molecule has 0 aliphatic carbocycles. The first-order chi connectivity index (χ1) is 14.4. The van der Waals surface area contributed by atoms with Crippen LogP contribution in [0.25, 0.3) is 0 Å². The summed E-state index contributed by atoms with van der Waals surface area (Å²) in [6, 6.07) is 20.8. The van der Waals surface area contributed by atoms with E-state index in [0.29, 0.717) is 27.3 Å². The molecule has 0 aromatic heterocycles. The van der Waals surface area contributed by atoms with E-state index in [9.17, 15) is 14.4 Å². The van der Waals surface area contributed by atoms with Gasteiger partial charge in [0.1, 0.15) is 0 Å². The summed E-state index contributed by atoms with van der Waals surface area (Å²) in [5.41, 5.74) is 2.93. The molecule has 3 aromatic carbocycles. The highest BCUT2D eigenvalue weighted by atomic mass is 35.5. The van der Waals surface area contributed by atoms with Gasteiger partial charge in [0.05, 0.1) is 23.7 Å². The van der Waals surface area contributed by atoms with E-state index in [-0.39, 0.29) is 30.3 Å². The molecule has 1 aliphatic heterocycles. The summed E-state index contributed by atoms with van der Waals surface area (Å²) in [6.45, 7) is 2.00. The quantitative estimate of drug-likeness (QED) is 0.614. The number of nitrogens with zero attached hydrogens (tertiary/aromatic N) is 1. The minimum Gasteiger partial charge on any atom is -0.346 e. The van der Waals surface area contributed by atoms with Gasteiger partial charge in [0.15, 0.2) is 0 Å². The maximum absolute atomic E-state index is 12.7. The molecular formula is C24H19ClN2O3. The normalized spacial score (nSPS) is 13.9. The molecule has 4 rings (SSSR count). The van der Waals surface area contributed by atoms with E-state index in [0.717, 1.165) is 5.56 Å². The van der Waals surface area contributed by atoms with Gasteiger partial charge in [-0.2, -0.15) is 0 Å². The van der Waals surface area contributed by atoms with Crippen LogP contribution >= 0.6 is 11.6 Å². The third-order valence-corrected chi connectivity index (χ3v) is 5.38. The van der Waals surface area contributed by atoms with Gasteiger partial charge in [-0.3, -0.25) is 19.3 Å². The van der Waals surface area contributed by atoms with Gasteiger partial charge in [-0.1, -0.05) is 48.0 Å². The zero-order chi connectivity index (χ0) is 21.3. The minimum atomic E-state index is -0.318. The lowest BCUT2D eigenvalue weighted by Crippen LogP contribution is -2.29. The molecule has 6 heteroatoms. The Kier molecular flexibility index (Phi) is 5.38. The minimum absolute atomic E-state index is 0.111. The number of hydrogen-bond donors (Lipinski definition) is 1. The molecule has 0 bridgehead atoms. The summed E-state index contributed by atoms with van der Waals surface area (Å²) in [7, 11) is 0. The van der Waals surface area contributed by atoms with Crippen molar-refractivity contribution in [2.45, 2.75) is 19.5 Å². The lowest BCUT2D eigenvalue weighted by atomic mass is 10.1. The van der Waals surface area contributed by atoms with Crippen molar-refractivity contribution < 1.29 is 14.4 Å². The predicted octanol–water partition coefficient (Wildman–Crippen LogP) is 4.63. The summed E-state index contributed by atoms with van der Waals surface area (Å²) in [6.07, 6.45) is 0. The largest absolute Gasteiger partial charge is 0.346 e. The molecule has 0 saturated heterocycles. The number of carbonyl (C=O) groups is 3. The van der Waals surface area contributed by atoms with Crippen LogP contribution in [0.1, 0.15) is 55.2 Å². The number of halogens is 1. The summed E-state index contributed by atoms with van der Waals surface area (Å²) in [4.78, 5) is 39.1. The van der Waals surface area contributed by atoms with E-state index in [1.54, 1.807) is 60.7 Å². The van der Waals surface area contributed by atoms with Gasteiger partial charge >= 0.3 is 0 Å². The molecule has 1 aliphatic rings. The second-order valence-corrected chi connectivity index (χ2v) is 7.63. The van der Waals surface area contributed by atoms with Crippen molar-refractivity contribution in [3.05, 3.63) is 106 Å². The summed E-state index contributed by atoms with van der Waals surface area (Å²) < 4.78 is 0. The summed E-state index contributed by atoms with van der Waals surface area (Å²) >= 11 is 5.92. The van der Waals surface area contributed by atoms with Gasteiger partial charge < -0.3 is 5.32 Å². The zero-order valence-corrected chi connectivity index (χ0v) is 17.0. The molecule has 150 valence electrons. The number of imide groups is 1. The van der Waals surface area contributed by atoms with Gasteiger partial charge in [0.2, 0.25) is 0 Å². The van der Waals surface area contributed by atoms with E-state index < -0.39 is 0 Å². The monoisotopic (exact) mass is 418 g/mol. The lowest BCUT2D eigenvalue weighted by Gasteiger charge is -2.16. The highest BCUT2D eigenvalue weighted by molar-refractivity contribution is 6.30. The fraction of sp³-hybridized carbons (Fsp3) is 0.125. The van der Waals surface area contributed by atoms with E-state index in [1.807, 2.05) is 19.1 Å². The van der Waals surface area contributed by atoms with E-state index in [1.165, 1.54) is 4.90 Å². The van der Waals surface area contributed by atoms with Crippen molar-refractivity contribution in [3.63, 3.8) is 0 Å². The van der Waals surface area contributed by atoms with Crippen molar-refractivity contribution in [1.82, 2.24) is 10.2 Å². The maximum Gasteiger partial charge on any atom is 0.261 e.